The van der Waals surface area contributed by atoms with Gasteiger partial charge in [0.05, 0.1) is 18.3 Å². The number of aryl methyl sites for hydroxylation is 1. The van der Waals surface area contributed by atoms with Crippen molar-refractivity contribution in [1.29, 1.82) is 0 Å². The van der Waals surface area contributed by atoms with E-state index in [0.29, 0.717) is 10.0 Å². The van der Waals surface area contributed by atoms with Gasteiger partial charge in [-0.1, -0.05) is 23.4 Å². The number of nitrogens with zero attached hydrogens (tertiary/aromatic N) is 1. The van der Waals surface area contributed by atoms with E-state index in [2.05, 4.69) is 10.3 Å². The third-order valence-electron chi connectivity index (χ3n) is 4.79. The lowest BCUT2D eigenvalue weighted by atomic mass is 9.97. The summed E-state index contributed by atoms with van der Waals surface area (Å²) in [4.78, 5) is 4.14. The molecular formula is C20H22ClF2N3O4S. The maximum atomic E-state index is 13.7. The molecule has 168 valence electrons. The molecule has 1 aliphatic heterocycles. The van der Waals surface area contributed by atoms with Crippen molar-refractivity contribution in [2.45, 2.75) is 41.7 Å². The second-order valence-electron chi connectivity index (χ2n) is 7.02. The summed E-state index contributed by atoms with van der Waals surface area (Å²) in [6.45, 7) is 0.916. The number of aliphatic hydroxyl groups is 3. The largest absolute Gasteiger partial charge is 0.397 e. The maximum absolute atomic E-state index is 13.7. The smallest absolute Gasteiger partial charge is 0.161 e. The Morgan fingerprint density at radius 2 is 2.06 bits per heavy atom. The maximum Gasteiger partial charge on any atom is 0.161 e. The van der Waals surface area contributed by atoms with Crippen molar-refractivity contribution in [3.05, 3.63) is 64.4 Å². The number of pyridine rings is 1. The minimum Gasteiger partial charge on any atom is -0.397 e. The first kappa shape index (κ1) is 23.7. The van der Waals surface area contributed by atoms with E-state index in [1.807, 2.05) is 0 Å². The summed E-state index contributed by atoms with van der Waals surface area (Å²) in [5.41, 5.74) is 5.46. The SMILES string of the molecule is Cc1cc(/C(N)=C/NC2C(O)C(CO)OC(Sc3cc(Cl)ccn3)C2O)cc(F)c1F. The fraction of sp³-hybridized carbons (Fsp3) is 0.350. The van der Waals surface area contributed by atoms with Crippen LogP contribution in [0.1, 0.15) is 11.1 Å². The molecule has 0 spiro atoms. The highest BCUT2D eigenvalue weighted by molar-refractivity contribution is 7.99. The van der Waals surface area contributed by atoms with Crippen LogP contribution in [0.25, 0.3) is 5.70 Å². The van der Waals surface area contributed by atoms with Crippen molar-refractivity contribution in [3.63, 3.8) is 0 Å². The van der Waals surface area contributed by atoms with Gasteiger partial charge in [-0.15, -0.1) is 0 Å². The molecule has 0 amide bonds. The van der Waals surface area contributed by atoms with Gasteiger partial charge < -0.3 is 31.1 Å². The molecule has 0 bridgehead atoms. The van der Waals surface area contributed by atoms with Gasteiger partial charge in [0.2, 0.25) is 0 Å². The van der Waals surface area contributed by atoms with Crippen LogP contribution in [0, 0.1) is 18.6 Å². The number of benzene rings is 1. The Labute approximate surface area is 186 Å². The van der Waals surface area contributed by atoms with Gasteiger partial charge in [-0.25, -0.2) is 13.8 Å². The molecule has 1 fully saturated rings. The Morgan fingerprint density at radius 1 is 1.32 bits per heavy atom. The molecule has 7 nitrogen and oxygen atoms in total. The van der Waals surface area contributed by atoms with E-state index in [1.54, 1.807) is 12.1 Å². The number of aromatic nitrogens is 1. The van der Waals surface area contributed by atoms with Crippen molar-refractivity contribution < 1.29 is 28.8 Å². The molecule has 5 unspecified atom stereocenters. The van der Waals surface area contributed by atoms with Crippen LogP contribution < -0.4 is 11.1 Å². The summed E-state index contributed by atoms with van der Waals surface area (Å²) in [7, 11) is 0. The highest BCUT2D eigenvalue weighted by Gasteiger charge is 2.44. The molecular weight excluding hydrogens is 452 g/mol. The summed E-state index contributed by atoms with van der Waals surface area (Å²) >= 11 is 7.04. The van der Waals surface area contributed by atoms with E-state index in [4.69, 9.17) is 22.1 Å². The zero-order valence-corrected chi connectivity index (χ0v) is 17.9. The van der Waals surface area contributed by atoms with Crippen LogP contribution in [0.5, 0.6) is 0 Å². The first-order valence-electron chi connectivity index (χ1n) is 9.29. The first-order valence-corrected chi connectivity index (χ1v) is 10.6. The highest BCUT2D eigenvalue weighted by atomic mass is 35.5. The van der Waals surface area contributed by atoms with Gasteiger partial charge in [-0.3, -0.25) is 0 Å². The van der Waals surface area contributed by atoms with Crippen LogP contribution in [0.4, 0.5) is 8.78 Å². The molecule has 6 N–H and O–H groups in total. The quantitative estimate of drug-likeness (QED) is 0.430. The molecule has 3 rings (SSSR count). The lowest BCUT2D eigenvalue weighted by Crippen LogP contribution is -2.62. The van der Waals surface area contributed by atoms with E-state index >= 15 is 0 Å². The molecule has 2 heterocycles. The molecule has 1 aliphatic rings. The van der Waals surface area contributed by atoms with E-state index < -0.39 is 48.0 Å². The number of hydrogen-bond donors (Lipinski definition) is 5. The van der Waals surface area contributed by atoms with E-state index in [9.17, 15) is 24.1 Å². The number of hydrogen-bond acceptors (Lipinski definition) is 8. The van der Waals surface area contributed by atoms with Crippen molar-refractivity contribution in [2.24, 2.45) is 5.73 Å². The average molecular weight is 474 g/mol. The third kappa shape index (κ3) is 5.46. The number of nitrogens with one attached hydrogen (secondary N) is 1. The van der Waals surface area contributed by atoms with E-state index in [0.717, 1.165) is 17.8 Å². The Morgan fingerprint density at radius 3 is 2.71 bits per heavy atom. The Balaban J connectivity index is 1.80. The van der Waals surface area contributed by atoms with Crippen molar-refractivity contribution in [2.75, 3.05) is 6.61 Å². The molecule has 1 aromatic carbocycles. The van der Waals surface area contributed by atoms with Crippen molar-refractivity contribution >= 4 is 29.1 Å². The van der Waals surface area contributed by atoms with Crippen LogP contribution >= 0.6 is 23.4 Å². The molecule has 0 radical (unpaired) electrons. The summed E-state index contributed by atoms with van der Waals surface area (Å²) in [6, 6.07) is 4.54. The minimum absolute atomic E-state index is 0.0640. The number of rotatable bonds is 6. The van der Waals surface area contributed by atoms with Crippen molar-refractivity contribution in [1.82, 2.24) is 10.3 Å². The Bertz CT molecular complexity index is 945. The highest BCUT2D eigenvalue weighted by Crippen LogP contribution is 2.33. The Hall–Kier alpha value is -1.95. The van der Waals surface area contributed by atoms with Gasteiger partial charge in [-0.2, -0.15) is 0 Å². The molecule has 5 atom stereocenters. The van der Waals surface area contributed by atoms with Gasteiger partial charge in [0.1, 0.15) is 28.8 Å². The minimum atomic E-state index is -1.28. The van der Waals surface area contributed by atoms with E-state index in [1.165, 1.54) is 25.4 Å². The van der Waals surface area contributed by atoms with Crippen LogP contribution in [0.3, 0.4) is 0 Å². The molecule has 31 heavy (non-hydrogen) atoms. The van der Waals surface area contributed by atoms with Crippen LogP contribution in [-0.4, -0.2) is 56.7 Å². The predicted octanol–water partition coefficient (Wildman–Crippen LogP) is 1.77. The van der Waals surface area contributed by atoms with Gasteiger partial charge >= 0.3 is 0 Å². The van der Waals surface area contributed by atoms with Gasteiger partial charge in [0.15, 0.2) is 11.6 Å². The summed E-state index contributed by atoms with van der Waals surface area (Å²) in [6.07, 6.45) is -0.722. The van der Waals surface area contributed by atoms with Crippen LogP contribution in [0.15, 0.2) is 41.7 Å². The third-order valence-corrected chi connectivity index (χ3v) is 6.12. The second-order valence-corrected chi connectivity index (χ2v) is 8.57. The molecule has 1 saturated heterocycles. The van der Waals surface area contributed by atoms with Crippen LogP contribution in [0.2, 0.25) is 5.02 Å². The number of halogens is 3. The van der Waals surface area contributed by atoms with Gasteiger partial charge in [0.25, 0.3) is 0 Å². The zero-order valence-electron chi connectivity index (χ0n) is 16.4. The monoisotopic (exact) mass is 473 g/mol. The van der Waals surface area contributed by atoms with E-state index in [-0.39, 0.29) is 16.8 Å². The number of nitrogens with two attached hydrogens (primary N) is 1. The lowest BCUT2D eigenvalue weighted by molar-refractivity contribution is -0.164. The fourth-order valence-corrected chi connectivity index (χ4v) is 4.40. The summed E-state index contributed by atoms with van der Waals surface area (Å²) in [5, 5.41) is 34.6. The topological polar surface area (TPSA) is 121 Å². The average Bonchev–Trinajstić information content (AvgIpc) is 2.73. The van der Waals surface area contributed by atoms with Crippen LogP contribution in [-0.2, 0) is 4.74 Å². The molecule has 1 aromatic heterocycles. The fourth-order valence-electron chi connectivity index (χ4n) is 3.11. The lowest BCUT2D eigenvalue weighted by Gasteiger charge is -2.42. The summed E-state index contributed by atoms with van der Waals surface area (Å²) in [5.74, 6) is -2.00. The molecule has 11 heteroatoms. The number of ether oxygens (including phenoxy) is 1. The Kier molecular flexibility index (Phi) is 7.73. The number of thioether (sulfide) groups is 1. The normalized spacial score (nSPS) is 26.7. The molecule has 2 aromatic rings. The first-order chi connectivity index (χ1) is 14.7. The standard InChI is InChI=1S/C20H22ClF2N3O4S/c1-9-4-10(5-12(22)16(9)23)13(24)7-26-17-18(28)14(8-27)30-20(19(17)29)31-15-6-11(21)2-3-25-15/h2-7,14,17-20,26-29H,8,24H2,1H3/b13-7-. The van der Waals surface area contributed by atoms with Crippen molar-refractivity contribution in [3.8, 4) is 0 Å². The van der Waals surface area contributed by atoms with Gasteiger partial charge in [0, 0.05) is 23.0 Å². The molecule has 0 aliphatic carbocycles. The molecule has 0 saturated carbocycles. The zero-order chi connectivity index (χ0) is 22.7. The number of aliphatic hydroxyl groups excluding tert-OH is 3. The predicted molar refractivity (Wildman–Crippen MR) is 113 cm³/mol. The summed E-state index contributed by atoms with van der Waals surface area (Å²) < 4.78 is 32.8. The second kappa shape index (κ2) is 10.1. The van der Waals surface area contributed by atoms with Gasteiger partial charge in [-0.05, 0) is 36.8 Å².